The molecule has 1 aromatic heterocycles. The molecule has 0 amide bonds. The molecular formula is C9H12N2OS2. The van der Waals surface area contributed by atoms with Crippen molar-refractivity contribution < 1.29 is 0 Å². The predicted octanol–water partition coefficient (Wildman–Crippen LogP) is 1.32. The van der Waals surface area contributed by atoms with Crippen molar-refractivity contribution in [1.82, 2.24) is 9.55 Å². The largest absolute Gasteiger partial charge is 0.326 e. The molecule has 1 heterocycles. The maximum Gasteiger partial charge on any atom is 0.326 e. The van der Waals surface area contributed by atoms with Crippen molar-refractivity contribution in [1.29, 1.82) is 0 Å². The Bertz CT molecular complexity index is 461. The first-order valence-corrected chi connectivity index (χ1v) is 5.74. The standard InChI is InChI=1S/C9H12N2OS2/c12-9-10-8(14)6-2-1-3-7(6)11(9)4-5-13/h13H,1-5H2,(H,10,12,14). The van der Waals surface area contributed by atoms with E-state index in [0.717, 1.165) is 30.5 Å². The molecule has 0 aliphatic heterocycles. The molecule has 0 unspecified atom stereocenters. The van der Waals surface area contributed by atoms with Gasteiger partial charge in [0.15, 0.2) is 0 Å². The molecule has 14 heavy (non-hydrogen) atoms. The summed E-state index contributed by atoms with van der Waals surface area (Å²) in [5.74, 6) is 0.678. The van der Waals surface area contributed by atoms with Gasteiger partial charge in [0.1, 0.15) is 4.64 Å². The van der Waals surface area contributed by atoms with E-state index >= 15 is 0 Å². The molecular weight excluding hydrogens is 216 g/mol. The summed E-state index contributed by atoms with van der Waals surface area (Å²) in [6.45, 7) is 0.663. The second-order valence-corrected chi connectivity index (χ2v) is 4.27. The minimum absolute atomic E-state index is 0.0929. The van der Waals surface area contributed by atoms with Crippen LogP contribution >= 0.6 is 24.8 Å². The van der Waals surface area contributed by atoms with Gasteiger partial charge < -0.3 is 0 Å². The summed E-state index contributed by atoms with van der Waals surface area (Å²) >= 11 is 9.27. The van der Waals surface area contributed by atoms with Crippen LogP contribution < -0.4 is 5.69 Å². The molecule has 1 aromatic rings. The van der Waals surface area contributed by atoms with E-state index in [1.165, 1.54) is 0 Å². The maximum atomic E-state index is 11.6. The molecule has 1 aliphatic carbocycles. The van der Waals surface area contributed by atoms with Crippen molar-refractivity contribution in [3.05, 3.63) is 26.4 Å². The zero-order chi connectivity index (χ0) is 10.1. The van der Waals surface area contributed by atoms with Gasteiger partial charge in [0.25, 0.3) is 0 Å². The van der Waals surface area contributed by atoms with E-state index in [4.69, 9.17) is 12.2 Å². The van der Waals surface area contributed by atoms with Crippen LogP contribution in [-0.2, 0) is 19.4 Å². The number of hydrogen-bond donors (Lipinski definition) is 2. The van der Waals surface area contributed by atoms with Gasteiger partial charge in [0, 0.05) is 23.6 Å². The lowest BCUT2D eigenvalue weighted by Gasteiger charge is -2.09. The Hall–Kier alpha value is -0.550. The van der Waals surface area contributed by atoms with Crippen LogP contribution in [0.3, 0.4) is 0 Å². The van der Waals surface area contributed by atoms with Gasteiger partial charge in [-0.3, -0.25) is 9.55 Å². The highest BCUT2D eigenvalue weighted by Crippen LogP contribution is 2.20. The Kier molecular flexibility index (Phi) is 2.78. The van der Waals surface area contributed by atoms with E-state index < -0.39 is 0 Å². The maximum absolute atomic E-state index is 11.6. The van der Waals surface area contributed by atoms with Crippen molar-refractivity contribution in [3.63, 3.8) is 0 Å². The molecule has 5 heteroatoms. The minimum Gasteiger partial charge on any atom is -0.298 e. The number of aromatic amines is 1. The zero-order valence-electron chi connectivity index (χ0n) is 7.75. The third kappa shape index (κ3) is 1.54. The molecule has 1 N–H and O–H groups in total. The van der Waals surface area contributed by atoms with Crippen molar-refractivity contribution in [2.24, 2.45) is 0 Å². The van der Waals surface area contributed by atoms with Crippen LogP contribution in [0, 0.1) is 4.64 Å². The van der Waals surface area contributed by atoms with E-state index in [1.807, 2.05) is 0 Å². The summed E-state index contributed by atoms with van der Waals surface area (Å²) in [6, 6.07) is 0. The highest BCUT2D eigenvalue weighted by atomic mass is 32.1. The highest BCUT2D eigenvalue weighted by Gasteiger charge is 2.17. The number of aromatic nitrogens is 2. The van der Waals surface area contributed by atoms with Gasteiger partial charge in [-0.1, -0.05) is 12.2 Å². The topological polar surface area (TPSA) is 37.8 Å². The second kappa shape index (κ2) is 3.90. The number of H-pyrrole nitrogens is 1. The number of hydrogen-bond acceptors (Lipinski definition) is 3. The molecule has 0 atom stereocenters. The van der Waals surface area contributed by atoms with Crippen LogP contribution in [0.25, 0.3) is 0 Å². The van der Waals surface area contributed by atoms with Crippen LogP contribution in [-0.4, -0.2) is 15.3 Å². The van der Waals surface area contributed by atoms with Gasteiger partial charge in [0.2, 0.25) is 0 Å². The third-order valence-corrected chi connectivity index (χ3v) is 3.13. The van der Waals surface area contributed by atoms with E-state index in [2.05, 4.69) is 17.6 Å². The monoisotopic (exact) mass is 228 g/mol. The van der Waals surface area contributed by atoms with Crippen LogP contribution in [0.1, 0.15) is 17.7 Å². The van der Waals surface area contributed by atoms with E-state index in [1.54, 1.807) is 4.57 Å². The Morgan fingerprint density at radius 2 is 2.29 bits per heavy atom. The molecule has 76 valence electrons. The number of fused-ring (bicyclic) bond motifs is 1. The SMILES string of the molecule is O=c1[nH]c(=S)c2c(n1CCS)CCC2. The lowest BCUT2D eigenvalue weighted by Crippen LogP contribution is -2.27. The minimum atomic E-state index is -0.0929. The Labute approximate surface area is 92.6 Å². The highest BCUT2D eigenvalue weighted by molar-refractivity contribution is 7.80. The predicted molar refractivity (Wildman–Crippen MR) is 61.8 cm³/mol. The molecule has 0 fully saturated rings. The van der Waals surface area contributed by atoms with Crippen molar-refractivity contribution in [2.45, 2.75) is 25.8 Å². The number of thiol groups is 1. The molecule has 0 saturated carbocycles. The second-order valence-electron chi connectivity index (χ2n) is 3.41. The van der Waals surface area contributed by atoms with Gasteiger partial charge in [-0.2, -0.15) is 12.6 Å². The first-order valence-electron chi connectivity index (χ1n) is 4.70. The number of rotatable bonds is 2. The summed E-state index contributed by atoms with van der Waals surface area (Å²) in [5, 5.41) is 0. The van der Waals surface area contributed by atoms with Crippen molar-refractivity contribution in [3.8, 4) is 0 Å². The molecule has 0 spiro atoms. The third-order valence-electron chi connectivity index (χ3n) is 2.58. The van der Waals surface area contributed by atoms with Gasteiger partial charge in [-0.05, 0) is 19.3 Å². The fraction of sp³-hybridized carbons (Fsp3) is 0.556. The number of nitrogens with zero attached hydrogens (tertiary/aromatic N) is 1. The zero-order valence-corrected chi connectivity index (χ0v) is 9.46. The summed E-state index contributed by atoms with van der Waals surface area (Å²) in [6.07, 6.45) is 3.07. The van der Waals surface area contributed by atoms with E-state index in [-0.39, 0.29) is 5.69 Å². The molecule has 1 aliphatic rings. The quantitative estimate of drug-likeness (QED) is 0.592. The summed E-state index contributed by atoms with van der Waals surface area (Å²) in [7, 11) is 0. The van der Waals surface area contributed by atoms with Gasteiger partial charge in [-0.25, -0.2) is 4.79 Å². The smallest absolute Gasteiger partial charge is 0.298 e. The molecule has 2 rings (SSSR count). The molecule has 3 nitrogen and oxygen atoms in total. The Morgan fingerprint density at radius 1 is 1.50 bits per heavy atom. The average molecular weight is 228 g/mol. The molecule has 0 saturated heterocycles. The molecule has 0 bridgehead atoms. The van der Waals surface area contributed by atoms with Crippen LogP contribution in [0.4, 0.5) is 0 Å². The lowest BCUT2D eigenvalue weighted by molar-refractivity contribution is 0.663. The fourth-order valence-corrected chi connectivity index (χ4v) is 2.48. The van der Waals surface area contributed by atoms with Crippen LogP contribution in [0.5, 0.6) is 0 Å². The van der Waals surface area contributed by atoms with Crippen molar-refractivity contribution >= 4 is 24.8 Å². The average Bonchev–Trinajstić information content (AvgIpc) is 2.60. The van der Waals surface area contributed by atoms with Gasteiger partial charge >= 0.3 is 5.69 Å². The first kappa shape index (κ1) is 9.98. The first-order chi connectivity index (χ1) is 6.74. The summed E-state index contributed by atoms with van der Waals surface area (Å²) in [4.78, 5) is 14.3. The Balaban J connectivity index is 2.66. The van der Waals surface area contributed by atoms with E-state index in [9.17, 15) is 4.79 Å². The normalized spacial score (nSPS) is 14.4. The summed E-state index contributed by atoms with van der Waals surface area (Å²) in [5.41, 5.74) is 2.18. The van der Waals surface area contributed by atoms with Crippen LogP contribution in [0.15, 0.2) is 4.79 Å². The summed E-state index contributed by atoms with van der Waals surface area (Å²) < 4.78 is 2.39. The Morgan fingerprint density at radius 3 is 3.00 bits per heavy atom. The number of nitrogens with one attached hydrogen (secondary N) is 1. The van der Waals surface area contributed by atoms with E-state index in [0.29, 0.717) is 16.9 Å². The van der Waals surface area contributed by atoms with Crippen molar-refractivity contribution in [2.75, 3.05) is 5.75 Å². The lowest BCUT2D eigenvalue weighted by atomic mass is 10.2. The fourth-order valence-electron chi connectivity index (χ4n) is 1.97. The molecule has 0 radical (unpaired) electrons. The van der Waals surface area contributed by atoms with Gasteiger partial charge in [-0.15, -0.1) is 0 Å². The van der Waals surface area contributed by atoms with Crippen LogP contribution in [0.2, 0.25) is 0 Å². The van der Waals surface area contributed by atoms with Gasteiger partial charge in [0.05, 0.1) is 0 Å². The molecule has 0 aromatic carbocycles.